The summed E-state index contributed by atoms with van der Waals surface area (Å²) in [4.78, 5) is 26.2. The lowest BCUT2D eigenvalue weighted by Gasteiger charge is -2.34. The van der Waals surface area contributed by atoms with E-state index in [2.05, 4.69) is 52.8 Å². The number of carbonyl (C=O) groups excluding carboxylic acids is 2. The number of benzene rings is 1. The van der Waals surface area contributed by atoms with Gasteiger partial charge < -0.3 is 24.7 Å². The zero-order valence-electron chi connectivity index (χ0n) is 24.9. The minimum atomic E-state index is -1.89. The molecule has 7 heteroatoms. The third-order valence-electron chi connectivity index (χ3n) is 6.54. The van der Waals surface area contributed by atoms with Crippen LogP contribution >= 0.6 is 0 Å². The fraction of sp³-hybridized carbons (Fsp3) is 0.733. The zero-order chi connectivity index (χ0) is 28.4. The molecule has 0 bridgehead atoms. The van der Waals surface area contributed by atoms with E-state index >= 15 is 0 Å². The van der Waals surface area contributed by atoms with Crippen molar-refractivity contribution in [2.75, 3.05) is 26.9 Å². The molecule has 7 nitrogen and oxygen atoms in total. The Labute approximate surface area is 224 Å². The topological polar surface area (TPSA) is 97.1 Å². The van der Waals surface area contributed by atoms with Crippen LogP contribution in [-0.2, 0) is 35.6 Å². The van der Waals surface area contributed by atoms with E-state index < -0.39 is 23.1 Å². The van der Waals surface area contributed by atoms with E-state index in [9.17, 15) is 9.59 Å². The van der Waals surface area contributed by atoms with Crippen LogP contribution in [-0.4, -0.2) is 50.0 Å². The largest absolute Gasteiger partial charge is 0.493 e. The molecule has 0 aliphatic rings. The minimum Gasteiger partial charge on any atom is -0.493 e. The molecule has 0 saturated carbocycles. The molecule has 0 saturated heterocycles. The number of ether oxygens (including phenoxy) is 4. The number of esters is 2. The van der Waals surface area contributed by atoms with Crippen LogP contribution in [0.5, 0.6) is 5.75 Å². The van der Waals surface area contributed by atoms with Crippen LogP contribution in [0.15, 0.2) is 18.2 Å². The summed E-state index contributed by atoms with van der Waals surface area (Å²) in [6, 6.07) is 6.30. The van der Waals surface area contributed by atoms with Crippen LogP contribution in [0.25, 0.3) is 0 Å². The molecule has 1 aromatic carbocycles. The van der Waals surface area contributed by atoms with E-state index in [-0.39, 0.29) is 30.3 Å². The van der Waals surface area contributed by atoms with Gasteiger partial charge in [-0.05, 0) is 75.0 Å². The first-order valence-electron chi connectivity index (χ1n) is 13.5. The van der Waals surface area contributed by atoms with Gasteiger partial charge in [0.25, 0.3) is 0 Å². The fourth-order valence-electron chi connectivity index (χ4n) is 4.22. The first-order valence-corrected chi connectivity index (χ1v) is 13.5. The highest BCUT2D eigenvalue weighted by Crippen LogP contribution is 2.35. The van der Waals surface area contributed by atoms with Crippen molar-refractivity contribution in [1.29, 1.82) is 0 Å². The van der Waals surface area contributed by atoms with Gasteiger partial charge in [0.1, 0.15) is 11.4 Å². The Bertz CT molecular complexity index is 870. The highest BCUT2D eigenvalue weighted by Gasteiger charge is 2.48. The molecular formula is C30H51NO6. The van der Waals surface area contributed by atoms with E-state index in [1.54, 1.807) is 34.8 Å². The van der Waals surface area contributed by atoms with Crippen molar-refractivity contribution in [3.8, 4) is 5.75 Å². The fourth-order valence-corrected chi connectivity index (χ4v) is 4.22. The van der Waals surface area contributed by atoms with Crippen molar-refractivity contribution < 1.29 is 28.5 Å². The van der Waals surface area contributed by atoms with Crippen LogP contribution in [0.2, 0.25) is 0 Å². The van der Waals surface area contributed by atoms with Crippen molar-refractivity contribution in [2.45, 2.75) is 105 Å². The predicted molar refractivity (Wildman–Crippen MR) is 148 cm³/mol. The second kappa shape index (κ2) is 14.1. The van der Waals surface area contributed by atoms with Crippen molar-refractivity contribution in [1.82, 2.24) is 0 Å². The van der Waals surface area contributed by atoms with Crippen LogP contribution in [0.1, 0.15) is 92.7 Å². The average molecular weight is 522 g/mol. The Morgan fingerprint density at radius 2 is 1.65 bits per heavy atom. The molecule has 0 aromatic heterocycles. The third-order valence-corrected chi connectivity index (χ3v) is 6.54. The normalized spacial score (nSPS) is 15.4. The van der Waals surface area contributed by atoms with E-state index in [4.69, 9.17) is 24.7 Å². The van der Waals surface area contributed by atoms with Crippen molar-refractivity contribution in [3.05, 3.63) is 29.3 Å². The summed E-state index contributed by atoms with van der Waals surface area (Å²) in [6.07, 6.45) is 2.43. The van der Waals surface area contributed by atoms with E-state index in [1.165, 1.54) is 0 Å². The first-order chi connectivity index (χ1) is 17.1. The number of carbonyl (C=O) groups is 2. The summed E-state index contributed by atoms with van der Waals surface area (Å²) in [7, 11) is 1.68. The molecule has 3 atom stereocenters. The Morgan fingerprint density at radius 3 is 2.16 bits per heavy atom. The molecule has 212 valence electrons. The maximum absolute atomic E-state index is 13.2. The summed E-state index contributed by atoms with van der Waals surface area (Å²) in [5, 5.41) is 0. The van der Waals surface area contributed by atoms with Gasteiger partial charge in [0.2, 0.25) is 5.54 Å². The van der Waals surface area contributed by atoms with Gasteiger partial charge in [0, 0.05) is 20.1 Å². The average Bonchev–Trinajstić information content (AvgIpc) is 2.79. The second-order valence-electron chi connectivity index (χ2n) is 12.0. The molecule has 0 spiro atoms. The smallest absolute Gasteiger partial charge is 0.338 e. The van der Waals surface area contributed by atoms with Crippen LogP contribution in [0.3, 0.4) is 0 Å². The molecule has 0 heterocycles. The Hall–Kier alpha value is -2.12. The first kappa shape index (κ1) is 32.9. The van der Waals surface area contributed by atoms with Gasteiger partial charge in [-0.1, -0.05) is 53.2 Å². The van der Waals surface area contributed by atoms with E-state index in [0.29, 0.717) is 19.6 Å². The zero-order valence-corrected chi connectivity index (χ0v) is 24.9. The van der Waals surface area contributed by atoms with Crippen LogP contribution < -0.4 is 10.5 Å². The number of rotatable bonds is 14. The molecule has 0 radical (unpaired) electrons. The summed E-state index contributed by atoms with van der Waals surface area (Å²) >= 11 is 0. The Kier molecular flexibility index (Phi) is 12.6. The van der Waals surface area contributed by atoms with Crippen molar-refractivity contribution in [3.63, 3.8) is 0 Å². The van der Waals surface area contributed by atoms with Gasteiger partial charge >= 0.3 is 11.9 Å². The SMILES string of the molecule is CCOC(=O)[C@@](N)(C[C@H](Cc1ccc(C(C)(C)C)c(OCCCOC)c1)C(C)CC)C(=O)OC(C)(C)C. The summed E-state index contributed by atoms with van der Waals surface area (Å²) < 4.78 is 22.2. The number of methoxy groups -OCH3 is 1. The van der Waals surface area contributed by atoms with Crippen molar-refractivity contribution in [2.24, 2.45) is 17.6 Å². The molecular weight excluding hydrogens is 470 g/mol. The predicted octanol–water partition coefficient (Wildman–Crippen LogP) is 5.60. The standard InChI is InChI=1S/C30H51NO6/c1-11-21(3)23(20-30(31,26(32)35-12-2)27(33)37-29(7,8)9)18-22-14-15-24(28(4,5)6)25(19-22)36-17-13-16-34-10/h14-15,19,21,23H,11-13,16-18,20,31H2,1-10H3/t21?,23-,30-/m0/s1. The molecule has 0 aliphatic heterocycles. The molecule has 1 aromatic rings. The molecule has 0 fully saturated rings. The maximum atomic E-state index is 13.2. The molecule has 0 amide bonds. The van der Waals surface area contributed by atoms with Crippen LogP contribution in [0.4, 0.5) is 0 Å². The van der Waals surface area contributed by atoms with Gasteiger partial charge in [-0.25, -0.2) is 9.59 Å². The Balaban J connectivity index is 3.36. The van der Waals surface area contributed by atoms with Crippen LogP contribution in [0, 0.1) is 11.8 Å². The van der Waals surface area contributed by atoms with Gasteiger partial charge in [-0.15, -0.1) is 0 Å². The summed E-state index contributed by atoms with van der Waals surface area (Å²) in [5.74, 6) is -0.512. The second-order valence-corrected chi connectivity index (χ2v) is 12.0. The van der Waals surface area contributed by atoms with Gasteiger partial charge in [0.05, 0.1) is 13.2 Å². The van der Waals surface area contributed by atoms with Gasteiger partial charge in [-0.3, -0.25) is 0 Å². The lowest BCUT2D eigenvalue weighted by Crippen LogP contribution is -2.59. The van der Waals surface area contributed by atoms with Gasteiger partial charge in [-0.2, -0.15) is 0 Å². The van der Waals surface area contributed by atoms with Crippen molar-refractivity contribution >= 4 is 11.9 Å². The Morgan fingerprint density at radius 1 is 1.00 bits per heavy atom. The number of hydrogen-bond donors (Lipinski definition) is 1. The van der Waals surface area contributed by atoms with E-state index in [0.717, 1.165) is 29.7 Å². The third kappa shape index (κ3) is 10.3. The molecule has 2 N–H and O–H groups in total. The summed E-state index contributed by atoms with van der Waals surface area (Å²) in [5.41, 5.74) is 5.99. The van der Waals surface area contributed by atoms with Gasteiger partial charge in [0.15, 0.2) is 0 Å². The monoisotopic (exact) mass is 521 g/mol. The maximum Gasteiger partial charge on any atom is 0.338 e. The molecule has 1 unspecified atom stereocenters. The molecule has 37 heavy (non-hydrogen) atoms. The minimum absolute atomic E-state index is 0.0613. The van der Waals surface area contributed by atoms with E-state index in [1.807, 2.05) is 0 Å². The lowest BCUT2D eigenvalue weighted by atomic mass is 9.76. The molecule has 1 rings (SSSR count). The summed E-state index contributed by atoms with van der Waals surface area (Å²) in [6.45, 7) is 19.0. The molecule has 0 aliphatic carbocycles. The quantitative estimate of drug-likeness (QED) is 0.193. The lowest BCUT2D eigenvalue weighted by molar-refractivity contribution is -0.172. The number of nitrogens with two attached hydrogens (primary N) is 1. The highest BCUT2D eigenvalue weighted by atomic mass is 16.6. The highest BCUT2D eigenvalue weighted by molar-refractivity contribution is 6.04. The number of hydrogen-bond acceptors (Lipinski definition) is 7.